The number of alkyl halides is 1. The zero-order chi connectivity index (χ0) is 9.68. The van der Waals surface area contributed by atoms with Crippen molar-refractivity contribution in [1.29, 1.82) is 0 Å². The van der Waals surface area contributed by atoms with Crippen LogP contribution in [0.1, 0.15) is 32.5 Å². The van der Waals surface area contributed by atoms with Gasteiger partial charge in [0.15, 0.2) is 0 Å². The first-order valence-corrected chi connectivity index (χ1v) is 5.33. The van der Waals surface area contributed by atoms with Gasteiger partial charge in [0.25, 0.3) is 0 Å². The van der Waals surface area contributed by atoms with Crippen molar-refractivity contribution in [1.82, 2.24) is 9.55 Å². The predicted octanol–water partition coefficient (Wildman–Crippen LogP) is 3.06. The summed E-state index contributed by atoms with van der Waals surface area (Å²) in [5, 5.41) is 0. The van der Waals surface area contributed by atoms with E-state index in [-0.39, 0.29) is 0 Å². The standard InChI is InChI=1S/C10H17ClN2/c1-9(2)4-3-6-13-7-5-12-10(13)8-11/h5,7,9H,3-4,6,8H2,1-2H3. The molecule has 3 heteroatoms. The third-order valence-electron chi connectivity index (χ3n) is 2.10. The quantitative estimate of drug-likeness (QED) is 0.669. The Labute approximate surface area is 84.9 Å². The second-order valence-electron chi connectivity index (χ2n) is 3.71. The minimum atomic E-state index is 0.509. The molecule has 0 amide bonds. The maximum atomic E-state index is 5.73. The third-order valence-corrected chi connectivity index (χ3v) is 2.34. The minimum absolute atomic E-state index is 0.509. The highest BCUT2D eigenvalue weighted by Crippen LogP contribution is 2.08. The molecule has 74 valence electrons. The van der Waals surface area contributed by atoms with Gasteiger partial charge in [0.1, 0.15) is 5.82 Å². The van der Waals surface area contributed by atoms with Crippen LogP contribution in [0.5, 0.6) is 0 Å². The molecule has 0 aliphatic carbocycles. The van der Waals surface area contributed by atoms with Crippen molar-refractivity contribution in [3.05, 3.63) is 18.2 Å². The van der Waals surface area contributed by atoms with Gasteiger partial charge in [-0.2, -0.15) is 0 Å². The first kappa shape index (κ1) is 10.6. The Bertz CT molecular complexity index is 243. The van der Waals surface area contributed by atoms with E-state index in [0.717, 1.165) is 18.3 Å². The SMILES string of the molecule is CC(C)CCCn1ccnc1CCl. The largest absolute Gasteiger partial charge is 0.334 e. The molecule has 1 heterocycles. The Morgan fingerprint density at radius 2 is 2.31 bits per heavy atom. The first-order valence-electron chi connectivity index (χ1n) is 4.80. The molecule has 0 saturated carbocycles. The number of halogens is 1. The summed E-state index contributed by atoms with van der Waals surface area (Å²) in [4.78, 5) is 4.16. The monoisotopic (exact) mass is 200 g/mol. The fraction of sp³-hybridized carbons (Fsp3) is 0.700. The Hall–Kier alpha value is -0.500. The van der Waals surface area contributed by atoms with Gasteiger partial charge in [-0.15, -0.1) is 11.6 Å². The number of aromatic nitrogens is 2. The van der Waals surface area contributed by atoms with E-state index in [4.69, 9.17) is 11.6 Å². The van der Waals surface area contributed by atoms with Crippen LogP contribution < -0.4 is 0 Å². The molecule has 0 fully saturated rings. The Morgan fingerprint density at radius 3 is 2.92 bits per heavy atom. The van der Waals surface area contributed by atoms with Crippen molar-refractivity contribution in [2.45, 2.75) is 39.1 Å². The Morgan fingerprint density at radius 1 is 1.54 bits per heavy atom. The molecule has 0 saturated heterocycles. The van der Waals surface area contributed by atoms with Gasteiger partial charge in [0.05, 0.1) is 5.88 Å². The summed E-state index contributed by atoms with van der Waals surface area (Å²) in [6.45, 7) is 5.53. The number of hydrogen-bond donors (Lipinski definition) is 0. The minimum Gasteiger partial charge on any atom is -0.334 e. The van der Waals surface area contributed by atoms with Gasteiger partial charge in [0.2, 0.25) is 0 Å². The van der Waals surface area contributed by atoms with Gasteiger partial charge in [0, 0.05) is 18.9 Å². The summed E-state index contributed by atoms with van der Waals surface area (Å²) in [5.74, 6) is 2.27. The van der Waals surface area contributed by atoms with E-state index in [1.165, 1.54) is 12.8 Å². The molecule has 0 spiro atoms. The second kappa shape index (κ2) is 5.28. The number of hydrogen-bond acceptors (Lipinski definition) is 1. The summed E-state index contributed by atoms with van der Waals surface area (Å²) < 4.78 is 2.13. The molecule has 0 radical (unpaired) electrons. The molecule has 1 aromatic heterocycles. The van der Waals surface area contributed by atoms with E-state index >= 15 is 0 Å². The third kappa shape index (κ3) is 3.39. The van der Waals surface area contributed by atoms with Crippen LogP contribution in [0.2, 0.25) is 0 Å². The molecule has 0 N–H and O–H groups in total. The van der Waals surface area contributed by atoms with Gasteiger partial charge in [-0.1, -0.05) is 13.8 Å². The highest BCUT2D eigenvalue weighted by molar-refractivity contribution is 6.16. The summed E-state index contributed by atoms with van der Waals surface area (Å²) in [6.07, 6.45) is 6.28. The molecule has 0 unspecified atom stereocenters. The predicted molar refractivity (Wildman–Crippen MR) is 55.9 cm³/mol. The lowest BCUT2D eigenvalue weighted by Crippen LogP contribution is -2.02. The van der Waals surface area contributed by atoms with Crippen LogP contribution in [0.4, 0.5) is 0 Å². The van der Waals surface area contributed by atoms with E-state index in [1.807, 2.05) is 12.4 Å². The van der Waals surface area contributed by atoms with Crippen molar-refractivity contribution >= 4 is 11.6 Å². The molecule has 13 heavy (non-hydrogen) atoms. The zero-order valence-corrected chi connectivity index (χ0v) is 9.09. The van der Waals surface area contributed by atoms with Crippen LogP contribution in [0, 0.1) is 5.92 Å². The fourth-order valence-corrected chi connectivity index (χ4v) is 1.57. The lowest BCUT2D eigenvalue weighted by atomic mass is 10.1. The number of nitrogens with zero attached hydrogens (tertiary/aromatic N) is 2. The smallest absolute Gasteiger partial charge is 0.123 e. The van der Waals surface area contributed by atoms with Crippen molar-refractivity contribution in [2.75, 3.05) is 0 Å². The highest BCUT2D eigenvalue weighted by Gasteiger charge is 2.00. The van der Waals surface area contributed by atoms with Crippen molar-refractivity contribution in [3.8, 4) is 0 Å². The van der Waals surface area contributed by atoms with Crippen LogP contribution in [-0.2, 0) is 12.4 Å². The Kier molecular flexibility index (Phi) is 4.29. The summed E-state index contributed by atoms with van der Waals surface area (Å²) in [7, 11) is 0. The highest BCUT2D eigenvalue weighted by atomic mass is 35.5. The normalized spacial score (nSPS) is 11.1. The average Bonchev–Trinajstić information content (AvgIpc) is 2.51. The fourth-order valence-electron chi connectivity index (χ4n) is 1.34. The topological polar surface area (TPSA) is 17.8 Å². The van der Waals surface area contributed by atoms with Crippen LogP contribution in [0.25, 0.3) is 0 Å². The van der Waals surface area contributed by atoms with Crippen LogP contribution in [0.3, 0.4) is 0 Å². The maximum absolute atomic E-state index is 5.73. The molecular formula is C10H17ClN2. The molecule has 0 aliphatic rings. The molecule has 2 nitrogen and oxygen atoms in total. The van der Waals surface area contributed by atoms with Gasteiger partial charge in [-0.3, -0.25) is 0 Å². The van der Waals surface area contributed by atoms with Crippen LogP contribution >= 0.6 is 11.6 Å². The van der Waals surface area contributed by atoms with Crippen molar-refractivity contribution < 1.29 is 0 Å². The van der Waals surface area contributed by atoms with Crippen LogP contribution in [0.15, 0.2) is 12.4 Å². The number of imidazole rings is 1. The molecule has 0 aliphatic heterocycles. The molecule has 0 atom stereocenters. The summed E-state index contributed by atoms with van der Waals surface area (Å²) >= 11 is 5.73. The molecule has 1 rings (SSSR count). The van der Waals surface area contributed by atoms with E-state index < -0.39 is 0 Å². The van der Waals surface area contributed by atoms with Crippen molar-refractivity contribution in [2.24, 2.45) is 5.92 Å². The van der Waals surface area contributed by atoms with E-state index in [1.54, 1.807) is 0 Å². The van der Waals surface area contributed by atoms with E-state index in [0.29, 0.717) is 5.88 Å². The molecule has 0 aromatic carbocycles. The van der Waals surface area contributed by atoms with E-state index in [9.17, 15) is 0 Å². The van der Waals surface area contributed by atoms with Gasteiger partial charge >= 0.3 is 0 Å². The van der Waals surface area contributed by atoms with Gasteiger partial charge in [-0.25, -0.2) is 4.98 Å². The molecular weight excluding hydrogens is 184 g/mol. The molecule has 1 aromatic rings. The lowest BCUT2D eigenvalue weighted by Gasteiger charge is -2.07. The maximum Gasteiger partial charge on any atom is 0.123 e. The molecule has 0 bridgehead atoms. The summed E-state index contributed by atoms with van der Waals surface area (Å²) in [5.41, 5.74) is 0. The summed E-state index contributed by atoms with van der Waals surface area (Å²) in [6, 6.07) is 0. The number of aryl methyl sites for hydroxylation is 1. The van der Waals surface area contributed by atoms with Gasteiger partial charge in [-0.05, 0) is 18.8 Å². The van der Waals surface area contributed by atoms with E-state index in [2.05, 4.69) is 23.4 Å². The lowest BCUT2D eigenvalue weighted by molar-refractivity contribution is 0.507. The average molecular weight is 201 g/mol. The van der Waals surface area contributed by atoms with Crippen molar-refractivity contribution in [3.63, 3.8) is 0 Å². The Balaban J connectivity index is 2.36. The first-order chi connectivity index (χ1) is 6.24. The number of rotatable bonds is 5. The zero-order valence-electron chi connectivity index (χ0n) is 8.33. The second-order valence-corrected chi connectivity index (χ2v) is 3.97. The van der Waals surface area contributed by atoms with Gasteiger partial charge < -0.3 is 4.57 Å². The van der Waals surface area contributed by atoms with Crippen LogP contribution in [-0.4, -0.2) is 9.55 Å².